The van der Waals surface area contributed by atoms with Crippen LogP contribution in [0.1, 0.15) is 42.5 Å². The molecule has 0 radical (unpaired) electrons. The van der Waals surface area contributed by atoms with Crippen LogP contribution in [0.25, 0.3) is 5.76 Å². The molecule has 1 aliphatic rings. The van der Waals surface area contributed by atoms with Gasteiger partial charge in [-0.15, -0.1) is 0 Å². The van der Waals surface area contributed by atoms with E-state index in [-0.39, 0.29) is 11.3 Å². The van der Waals surface area contributed by atoms with Gasteiger partial charge in [-0.05, 0) is 58.1 Å². The van der Waals surface area contributed by atoms with Gasteiger partial charge in [0.25, 0.3) is 11.7 Å². The summed E-state index contributed by atoms with van der Waals surface area (Å²) in [5.41, 5.74) is 2.47. The lowest BCUT2D eigenvalue weighted by Crippen LogP contribution is -2.32. The number of amides is 1. The van der Waals surface area contributed by atoms with E-state index in [1.165, 1.54) is 0 Å². The number of ketones is 1. The van der Waals surface area contributed by atoms with Gasteiger partial charge in [-0.3, -0.25) is 9.59 Å². The predicted molar refractivity (Wildman–Crippen MR) is 126 cm³/mol. The van der Waals surface area contributed by atoms with E-state index in [9.17, 15) is 14.7 Å². The molecule has 1 aliphatic heterocycles. The summed E-state index contributed by atoms with van der Waals surface area (Å²) in [6.07, 6.45) is 1.59. The van der Waals surface area contributed by atoms with Crippen molar-refractivity contribution in [2.24, 2.45) is 0 Å². The van der Waals surface area contributed by atoms with Gasteiger partial charge in [0.05, 0.1) is 18.2 Å². The van der Waals surface area contributed by atoms with E-state index in [0.29, 0.717) is 24.5 Å². The van der Waals surface area contributed by atoms with Crippen LogP contribution in [0.4, 0.5) is 0 Å². The van der Waals surface area contributed by atoms with Gasteiger partial charge in [0.15, 0.2) is 0 Å². The Morgan fingerprint density at radius 2 is 1.84 bits per heavy atom. The molecule has 0 aromatic heterocycles. The van der Waals surface area contributed by atoms with Gasteiger partial charge in [-0.25, -0.2) is 0 Å². The van der Waals surface area contributed by atoms with E-state index in [2.05, 4.69) is 0 Å². The van der Waals surface area contributed by atoms with Gasteiger partial charge < -0.3 is 19.6 Å². The average molecular weight is 437 g/mol. The zero-order valence-corrected chi connectivity index (χ0v) is 19.3. The van der Waals surface area contributed by atoms with E-state index in [4.69, 9.17) is 4.74 Å². The van der Waals surface area contributed by atoms with Crippen molar-refractivity contribution in [1.29, 1.82) is 0 Å². The molecule has 0 bridgehead atoms. The van der Waals surface area contributed by atoms with Crippen molar-refractivity contribution < 1.29 is 19.4 Å². The number of carbonyl (C=O) groups excluding carboxylic acids is 2. The molecule has 32 heavy (non-hydrogen) atoms. The molecule has 1 unspecified atom stereocenters. The van der Waals surface area contributed by atoms with Gasteiger partial charge in [0, 0.05) is 12.1 Å². The third-order valence-electron chi connectivity index (χ3n) is 5.52. The summed E-state index contributed by atoms with van der Waals surface area (Å²) >= 11 is 0. The maximum Gasteiger partial charge on any atom is 0.295 e. The maximum absolute atomic E-state index is 13.1. The Balaban J connectivity index is 2.05. The molecule has 0 aliphatic carbocycles. The molecule has 1 saturated heterocycles. The smallest absolute Gasteiger partial charge is 0.295 e. The predicted octanol–water partition coefficient (Wildman–Crippen LogP) is 4.16. The lowest BCUT2D eigenvalue weighted by molar-refractivity contribution is -0.139. The van der Waals surface area contributed by atoms with Crippen LogP contribution < -0.4 is 4.74 Å². The third kappa shape index (κ3) is 5.19. The first kappa shape index (κ1) is 23.5. The summed E-state index contributed by atoms with van der Waals surface area (Å²) in [5, 5.41) is 11.2. The van der Waals surface area contributed by atoms with Gasteiger partial charge in [0.2, 0.25) is 0 Å². The van der Waals surface area contributed by atoms with Crippen molar-refractivity contribution >= 4 is 17.4 Å². The van der Waals surface area contributed by atoms with E-state index >= 15 is 0 Å². The van der Waals surface area contributed by atoms with Crippen LogP contribution in [-0.4, -0.2) is 60.4 Å². The zero-order valence-electron chi connectivity index (χ0n) is 19.3. The number of hydrogen-bond donors (Lipinski definition) is 1. The fraction of sp³-hybridized carbons (Fsp3) is 0.385. The van der Waals surface area contributed by atoms with Crippen LogP contribution in [0.5, 0.6) is 5.75 Å². The number of rotatable bonds is 9. The minimum Gasteiger partial charge on any atom is -0.507 e. The maximum atomic E-state index is 13.1. The topological polar surface area (TPSA) is 70.1 Å². The van der Waals surface area contributed by atoms with E-state index in [1.54, 1.807) is 23.1 Å². The highest BCUT2D eigenvalue weighted by atomic mass is 16.5. The second-order valence-corrected chi connectivity index (χ2v) is 8.44. The molecule has 0 spiro atoms. The van der Waals surface area contributed by atoms with Crippen LogP contribution in [0.3, 0.4) is 0 Å². The summed E-state index contributed by atoms with van der Waals surface area (Å²) < 4.78 is 5.68. The second kappa shape index (κ2) is 10.5. The van der Waals surface area contributed by atoms with Crippen LogP contribution in [0, 0.1) is 6.92 Å². The number of benzene rings is 2. The number of hydrogen-bond acceptors (Lipinski definition) is 5. The molecule has 2 aromatic rings. The number of ether oxygens (including phenoxy) is 1. The van der Waals surface area contributed by atoms with Crippen LogP contribution >= 0.6 is 0 Å². The van der Waals surface area contributed by atoms with Gasteiger partial charge in [0.1, 0.15) is 11.5 Å². The number of aliphatic hydroxyl groups excluding tert-OH is 1. The summed E-state index contributed by atoms with van der Waals surface area (Å²) in [7, 11) is 3.94. The summed E-state index contributed by atoms with van der Waals surface area (Å²) in [5.74, 6) is -0.791. The van der Waals surface area contributed by atoms with Crippen LogP contribution in [-0.2, 0) is 9.59 Å². The molecule has 1 heterocycles. The van der Waals surface area contributed by atoms with Gasteiger partial charge in [-0.1, -0.05) is 48.9 Å². The first-order chi connectivity index (χ1) is 15.3. The second-order valence-electron chi connectivity index (χ2n) is 8.44. The fourth-order valence-corrected chi connectivity index (χ4v) is 3.87. The highest BCUT2D eigenvalue weighted by Gasteiger charge is 2.45. The number of aliphatic hydroxyl groups is 1. The number of Topliss-reactive ketones (excluding diaryl/α,β-unsaturated/α-hetero) is 1. The molecule has 0 saturated carbocycles. The zero-order chi connectivity index (χ0) is 23.3. The Bertz CT molecular complexity index is 995. The molecule has 170 valence electrons. The Labute approximate surface area is 190 Å². The summed E-state index contributed by atoms with van der Waals surface area (Å²) in [4.78, 5) is 29.7. The van der Waals surface area contributed by atoms with Crippen molar-refractivity contribution in [3.8, 4) is 5.75 Å². The van der Waals surface area contributed by atoms with E-state index in [0.717, 1.165) is 30.5 Å². The molecule has 1 N–H and O–H groups in total. The first-order valence-electron chi connectivity index (χ1n) is 11.1. The molecule has 1 fully saturated rings. The van der Waals surface area contributed by atoms with Gasteiger partial charge in [-0.2, -0.15) is 0 Å². The van der Waals surface area contributed by atoms with Gasteiger partial charge >= 0.3 is 0 Å². The highest BCUT2D eigenvalue weighted by Crippen LogP contribution is 2.39. The number of nitrogens with zero attached hydrogens (tertiary/aromatic N) is 2. The largest absolute Gasteiger partial charge is 0.507 e. The average Bonchev–Trinajstić information content (AvgIpc) is 3.02. The molecule has 6 nitrogen and oxygen atoms in total. The fourth-order valence-electron chi connectivity index (χ4n) is 3.87. The Hall–Kier alpha value is -3.12. The number of aryl methyl sites for hydroxylation is 1. The minimum atomic E-state index is -0.655. The minimum absolute atomic E-state index is 0.122. The van der Waals surface area contributed by atoms with E-state index < -0.39 is 17.7 Å². The summed E-state index contributed by atoms with van der Waals surface area (Å²) in [6.45, 7) is 5.78. The van der Waals surface area contributed by atoms with Crippen molar-refractivity contribution in [3.05, 3.63) is 70.8 Å². The van der Waals surface area contributed by atoms with Crippen LogP contribution in [0.15, 0.2) is 54.1 Å². The molecular formula is C26H32N2O4. The van der Waals surface area contributed by atoms with E-state index in [1.807, 2.05) is 63.2 Å². The molecular weight excluding hydrogens is 404 g/mol. The molecule has 6 heteroatoms. The monoisotopic (exact) mass is 436 g/mol. The number of carbonyl (C=O) groups is 2. The lowest BCUT2D eigenvalue weighted by Gasteiger charge is -2.26. The SMILES string of the molecule is CCCOc1cccc(C(O)=C2C(=O)C(=O)N(CCCN(C)C)C2c2ccc(C)cc2)c1. The standard InChI is InChI=1S/C26H32N2O4/c1-5-16-32-21-9-6-8-20(17-21)24(29)22-23(19-12-10-18(2)11-13-19)28(26(31)25(22)30)15-7-14-27(3)4/h6,8-13,17,23,29H,5,7,14-16H2,1-4H3. The quantitative estimate of drug-likeness (QED) is 0.363. The molecule has 3 rings (SSSR count). The Morgan fingerprint density at radius 1 is 1.12 bits per heavy atom. The summed E-state index contributed by atoms with van der Waals surface area (Å²) in [6, 6.07) is 14.1. The Morgan fingerprint density at radius 3 is 2.50 bits per heavy atom. The molecule has 2 aromatic carbocycles. The first-order valence-corrected chi connectivity index (χ1v) is 11.1. The molecule has 1 atom stereocenters. The van der Waals surface area contributed by atoms with Crippen molar-refractivity contribution in [2.45, 2.75) is 32.7 Å². The number of likely N-dealkylation sites (tertiary alicyclic amines) is 1. The normalized spacial score (nSPS) is 17.9. The third-order valence-corrected chi connectivity index (χ3v) is 5.52. The van der Waals surface area contributed by atoms with Crippen molar-refractivity contribution in [1.82, 2.24) is 9.80 Å². The molecule has 1 amide bonds. The lowest BCUT2D eigenvalue weighted by atomic mass is 9.94. The Kier molecular flexibility index (Phi) is 7.70. The van der Waals surface area contributed by atoms with Crippen molar-refractivity contribution in [2.75, 3.05) is 33.8 Å². The van der Waals surface area contributed by atoms with Crippen LogP contribution in [0.2, 0.25) is 0 Å². The van der Waals surface area contributed by atoms with Crippen molar-refractivity contribution in [3.63, 3.8) is 0 Å². The highest BCUT2D eigenvalue weighted by molar-refractivity contribution is 6.46.